The molecule has 0 aliphatic heterocycles. The average molecular weight is 338 g/mol. The van der Waals surface area contributed by atoms with Gasteiger partial charge in [0.05, 0.1) is 5.52 Å². The Morgan fingerprint density at radius 1 is 1.08 bits per heavy atom. The summed E-state index contributed by atoms with van der Waals surface area (Å²) in [6.45, 7) is 2.33. The molecule has 2 N–H and O–H groups in total. The molecule has 126 valence electrons. The van der Waals surface area contributed by atoms with Gasteiger partial charge in [-0.2, -0.15) is 0 Å². The molecule has 0 bridgehead atoms. The van der Waals surface area contributed by atoms with Crippen LogP contribution in [0.1, 0.15) is 27.8 Å². The van der Waals surface area contributed by atoms with Crippen LogP contribution in [0.2, 0.25) is 0 Å². The van der Waals surface area contributed by atoms with Gasteiger partial charge in [-0.3, -0.25) is 4.79 Å². The normalized spacial score (nSPS) is 10.8. The summed E-state index contributed by atoms with van der Waals surface area (Å²) in [7, 11) is 0. The zero-order valence-corrected chi connectivity index (χ0v) is 13.3. The Kier molecular flexibility index (Phi) is 4.06. The highest BCUT2D eigenvalue weighted by molar-refractivity contribution is 5.94. The SMILES string of the molecule is CCn1cc(C(=O)O)c(=O)c2ccc(-c3ccnc(C(=O)O)c3)cc21. The lowest BCUT2D eigenvalue weighted by molar-refractivity contribution is 0.0681. The Hall–Kier alpha value is -3.48. The van der Waals surface area contributed by atoms with Gasteiger partial charge < -0.3 is 14.8 Å². The number of carboxylic acid groups (broad SMARTS) is 2. The van der Waals surface area contributed by atoms with Gasteiger partial charge in [-0.15, -0.1) is 0 Å². The van der Waals surface area contributed by atoms with E-state index in [1.165, 1.54) is 18.5 Å². The van der Waals surface area contributed by atoms with Crippen molar-refractivity contribution in [1.29, 1.82) is 0 Å². The monoisotopic (exact) mass is 338 g/mol. The number of benzene rings is 1. The van der Waals surface area contributed by atoms with Gasteiger partial charge in [-0.25, -0.2) is 14.6 Å². The number of hydrogen-bond acceptors (Lipinski definition) is 4. The van der Waals surface area contributed by atoms with E-state index in [1.807, 2.05) is 6.92 Å². The first kappa shape index (κ1) is 16.4. The number of hydrogen-bond donors (Lipinski definition) is 2. The van der Waals surface area contributed by atoms with Crippen LogP contribution in [-0.4, -0.2) is 31.7 Å². The second-order valence-corrected chi connectivity index (χ2v) is 5.43. The zero-order chi connectivity index (χ0) is 18.1. The van der Waals surface area contributed by atoms with Gasteiger partial charge in [-0.1, -0.05) is 6.07 Å². The third-order valence-electron chi connectivity index (χ3n) is 3.96. The number of carboxylic acids is 2. The summed E-state index contributed by atoms with van der Waals surface area (Å²) >= 11 is 0. The average Bonchev–Trinajstić information content (AvgIpc) is 2.61. The van der Waals surface area contributed by atoms with Crippen molar-refractivity contribution >= 4 is 22.8 Å². The molecule has 0 saturated carbocycles. The molecule has 0 amide bonds. The predicted octanol–water partition coefficient (Wildman–Crippen LogP) is 2.48. The molecular formula is C18H14N2O5. The largest absolute Gasteiger partial charge is 0.477 e. The molecule has 2 heterocycles. The van der Waals surface area contributed by atoms with Crippen molar-refractivity contribution in [2.45, 2.75) is 13.5 Å². The Labute approximate surface area is 141 Å². The molecule has 0 unspecified atom stereocenters. The first-order chi connectivity index (χ1) is 11.9. The number of aromatic nitrogens is 2. The molecule has 0 spiro atoms. The maximum absolute atomic E-state index is 12.3. The second kappa shape index (κ2) is 6.20. The lowest BCUT2D eigenvalue weighted by Crippen LogP contribution is -2.18. The van der Waals surface area contributed by atoms with Gasteiger partial charge in [0, 0.05) is 24.3 Å². The van der Waals surface area contributed by atoms with Gasteiger partial charge in [0.15, 0.2) is 0 Å². The van der Waals surface area contributed by atoms with Crippen LogP contribution in [0.15, 0.2) is 47.5 Å². The van der Waals surface area contributed by atoms with Gasteiger partial charge in [0.2, 0.25) is 5.43 Å². The Morgan fingerprint density at radius 2 is 1.80 bits per heavy atom. The first-order valence-electron chi connectivity index (χ1n) is 7.52. The van der Waals surface area contributed by atoms with Gasteiger partial charge in [-0.05, 0) is 42.3 Å². The predicted molar refractivity (Wildman–Crippen MR) is 91.0 cm³/mol. The molecule has 7 heteroatoms. The fourth-order valence-electron chi connectivity index (χ4n) is 2.71. The number of aromatic carboxylic acids is 2. The van der Waals surface area contributed by atoms with Crippen molar-refractivity contribution in [1.82, 2.24) is 9.55 Å². The minimum atomic E-state index is -1.27. The molecule has 3 rings (SSSR count). The van der Waals surface area contributed by atoms with Crippen molar-refractivity contribution in [3.63, 3.8) is 0 Å². The van der Waals surface area contributed by atoms with E-state index in [2.05, 4.69) is 4.98 Å². The quantitative estimate of drug-likeness (QED) is 0.756. The highest BCUT2D eigenvalue weighted by atomic mass is 16.4. The number of rotatable bonds is 4. The third kappa shape index (κ3) is 2.87. The molecule has 25 heavy (non-hydrogen) atoms. The molecular weight excluding hydrogens is 324 g/mol. The van der Waals surface area contributed by atoms with Crippen molar-refractivity contribution in [2.24, 2.45) is 0 Å². The minimum absolute atomic E-state index is 0.0771. The summed E-state index contributed by atoms with van der Waals surface area (Å²) in [6, 6.07) is 8.09. The van der Waals surface area contributed by atoms with Crippen LogP contribution in [0.25, 0.3) is 22.0 Å². The summed E-state index contributed by atoms with van der Waals surface area (Å²) in [6.07, 6.45) is 2.73. The summed E-state index contributed by atoms with van der Waals surface area (Å²) in [5, 5.41) is 18.6. The highest BCUT2D eigenvalue weighted by Gasteiger charge is 2.15. The van der Waals surface area contributed by atoms with Gasteiger partial charge in [0.25, 0.3) is 0 Å². The van der Waals surface area contributed by atoms with E-state index in [-0.39, 0.29) is 11.3 Å². The van der Waals surface area contributed by atoms with Crippen LogP contribution < -0.4 is 5.43 Å². The molecule has 0 saturated heterocycles. The van der Waals surface area contributed by atoms with Crippen molar-refractivity contribution < 1.29 is 19.8 Å². The van der Waals surface area contributed by atoms with Crippen molar-refractivity contribution in [3.05, 3.63) is 64.2 Å². The number of pyridine rings is 2. The zero-order valence-electron chi connectivity index (χ0n) is 13.3. The lowest BCUT2D eigenvalue weighted by Gasteiger charge is -2.12. The van der Waals surface area contributed by atoms with E-state index in [0.717, 1.165) is 0 Å². The van der Waals surface area contributed by atoms with E-state index in [4.69, 9.17) is 5.11 Å². The summed E-state index contributed by atoms with van der Waals surface area (Å²) in [4.78, 5) is 38.5. The standard InChI is InChI=1S/C18H14N2O5/c1-2-20-9-13(17(22)23)16(21)12-4-3-10(8-15(12)20)11-5-6-19-14(7-11)18(24)25/h3-9H,2H2,1H3,(H,22,23)(H,24,25). The summed E-state index contributed by atoms with van der Waals surface area (Å²) < 4.78 is 1.68. The minimum Gasteiger partial charge on any atom is -0.477 e. The molecule has 0 aliphatic rings. The third-order valence-corrected chi connectivity index (χ3v) is 3.96. The second-order valence-electron chi connectivity index (χ2n) is 5.43. The van der Waals surface area contributed by atoms with Gasteiger partial charge >= 0.3 is 11.9 Å². The van der Waals surface area contributed by atoms with E-state index in [1.54, 1.807) is 28.8 Å². The lowest BCUT2D eigenvalue weighted by atomic mass is 10.0. The number of carbonyl (C=O) groups is 2. The van der Waals surface area contributed by atoms with Crippen LogP contribution in [0, 0.1) is 0 Å². The number of fused-ring (bicyclic) bond motifs is 1. The van der Waals surface area contributed by atoms with Crippen LogP contribution in [0.5, 0.6) is 0 Å². The maximum Gasteiger partial charge on any atom is 0.354 e. The summed E-state index contributed by atoms with van der Waals surface area (Å²) in [5.74, 6) is -2.39. The molecule has 3 aromatic rings. The fraction of sp³-hybridized carbons (Fsp3) is 0.111. The molecule has 2 aromatic heterocycles. The molecule has 0 aliphatic carbocycles. The topological polar surface area (TPSA) is 109 Å². The molecule has 0 fully saturated rings. The van der Waals surface area contributed by atoms with Crippen molar-refractivity contribution in [3.8, 4) is 11.1 Å². The molecule has 1 aromatic carbocycles. The smallest absolute Gasteiger partial charge is 0.354 e. The molecule has 7 nitrogen and oxygen atoms in total. The maximum atomic E-state index is 12.3. The Morgan fingerprint density at radius 3 is 2.44 bits per heavy atom. The van der Waals surface area contributed by atoms with Crippen LogP contribution >= 0.6 is 0 Å². The van der Waals surface area contributed by atoms with E-state index >= 15 is 0 Å². The van der Waals surface area contributed by atoms with Crippen LogP contribution in [-0.2, 0) is 6.54 Å². The highest BCUT2D eigenvalue weighted by Crippen LogP contribution is 2.24. The number of nitrogens with zero attached hydrogens (tertiary/aromatic N) is 2. The van der Waals surface area contributed by atoms with Crippen molar-refractivity contribution in [2.75, 3.05) is 0 Å². The van der Waals surface area contributed by atoms with Gasteiger partial charge in [0.1, 0.15) is 11.3 Å². The first-order valence-corrected chi connectivity index (χ1v) is 7.52. The Bertz CT molecular complexity index is 1070. The fourth-order valence-corrected chi connectivity index (χ4v) is 2.71. The number of aryl methyl sites for hydroxylation is 1. The van der Waals surface area contributed by atoms with E-state index in [9.17, 15) is 19.5 Å². The molecule has 0 atom stereocenters. The van der Waals surface area contributed by atoms with Crippen LogP contribution in [0.4, 0.5) is 0 Å². The van der Waals surface area contributed by atoms with Crippen LogP contribution in [0.3, 0.4) is 0 Å². The van der Waals surface area contributed by atoms with E-state index in [0.29, 0.717) is 28.6 Å². The molecule has 0 radical (unpaired) electrons. The van der Waals surface area contributed by atoms with E-state index < -0.39 is 17.4 Å². The Balaban J connectivity index is 2.26. The summed E-state index contributed by atoms with van der Waals surface area (Å²) in [5.41, 5.74) is 1.04.